The topological polar surface area (TPSA) is 77.0 Å². The van der Waals surface area contributed by atoms with Crippen LogP contribution in [0.5, 0.6) is 17.4 Å². The number of methoxy groups -OCH3 is 2. The maximum atomic E-state index is 12.6. The Bertz CT molecular complexity index is 778. The molecule has 2 rings (SSSR count). The highest BCUT2D eigenvalue weighted by molar-refractivity contribution is 14.0. The van der Waals surface area contributed by atoms with Gasteiger partial charge in [0.1, 0.15) is 11.5 Å². The molecule has 1 aromatic heterocycles. The first-order valence-electron chi connectivity index (χ1n) is 8.11. The Labute approximate surface area is 179 Å². The third kappa shape index (κ3) is 7.33. The van der Waals surface area contributed by atoms with Crippen molar-refractivity contribution >= 4 is 29.9 Å². The number of hydrogen-bond donors (Lipinski definition) is 2. The number of nitrogens with one attached hydrogen (secondary N) is 2. The van der Waals surface area contributed by atoms with Crippen molar-refractivity contribution in [1.29, 1.82) is 0 Å². The summed E-state index contributed by atoms with van der Waals surface area (Å²) in [5, 5.41) is 6.19. The lowest BCUT2D eigenvalue weighted by Gasteiger charge is -2.15. The van der Waals surface area contributed by atoms with Crippen molar-refractivity contribution in [3.8, 4) is 17.4 Å². The highest BCUT2D eigenvalue weighted by Gasteiger charge is 2.11. The van der Waals surface area contributed by atoms with Crippen molar-refractivity contribution in [3.63, 3.8) is 0 Å². The first-order chi connectivity index (χ1) is 13.0. The van der Waals surface area contributed by atoms with Crippen LogP contribution in [-0.2, 0) is 13.1 Å². The van der Waals surface area contributed by atoms with E-state index in [2.05, 4.69) is 25.3 Å². The van der Waals surface area contributed by atoms with Gasteiger partial charge in [-0.15, -0.1) is 24.0 Å². The van der Waals surface area contributed by atoms with Crippen LogP contribution < -0.4 is 24.8 Å². The van der Waals surface area contributed by atoms with E-state index in [0.717, 1.165) is 5.56 Å². The van der Waals surface area contributed by atoms with Crippen LogP contribution in [0.25, 0.3) is 0 Å². The number of aliphatic imine (C=N–C) groups is 1. The molecule has 2 N–H and O–H groups in total. The number of alkyl halides is 2. The smallest absolute Gasteiger partial charge is 0.387 e. The van der Waals surface area contributed by atoms with Gasteiger partial charge in [0.15, 0.2) is 5.96 Å². The summed E-state index contributed by atoms with van der Waals surface area (Å²) in [6.07, 6.45) is 1.65. The molecule has 154 valence electrons. The molecule has 0 saturated heterocycles. The third-order valence-electron chi connectivity index (χ3n) is 3.62. The zero-order chi connectivity index (χ0) is 19.6. The zero-order valence-corrected chi connectivity index (χ0v) is 18.1. The van der Waals surface area contributed by atoms with Crippen LogP contribution in [0.1, 0.15) is 11.1 Å². The molecule has 0 aliphatic heterocycles. The van der Waals surface area contributed by atoms with Crippen LogP contribution in [0.2, 0.25) is 0 Å². The number of nitrogens with zero attached hydrogens (tertiary/aromatic N) is 2. The van der Waals surface area contributed by atoms with Gasteiger partial charge in [-0.2, -0.15) is 8.78 Å². The van der Waals surface area contributed by atoms with Crippen LogP contribution in [0.3, 0.4) is 0 Å². The van der Waals surface area contributed by atoms with Crippen LogP contribution in [0, 0.1) is 0 Å². The van der Waals surface area contributed by atoms with Crippen molar-refractivity contribution in [2.75, 3.05) is 21.3 Å². The Balaban J connectivity index is 0.00000392. The normalized spacial score (nSPS) is 10.9. The second-order valence-corrected chi connectivity index (χ2v) is 5.34. The van der Waals surface area contributed by atoms with Crippen LogP contribution >= 0.6 is 24.0 Å². The molecule has 1 aromatic carbocycles. The fourth-order valence-corrected chi connectivity index (χ4v) is 2.29. The Hall–Kier alpha value is -2.37. The number of ether oxygens (including phenoxy) is 3. The summed E-state index contributed by atoms with van der Waals surface area (Å²) in [5.74, 6) is 1.63. The first-order valence-corrected chi connectivity index (χ1v) is 8.11. The van der Waals surface area contributed by atoms with Crippen molar-refractivity contribution in [2.45, 2.75) is 19.7 Å². The maximum absolute atomic E-state index is 12.6. The summed E-state index contributed by atoms with van der Waals surface area (Å²) in [7, 11) is 4.67. The van der Waals surface area contributed by atoms with Gasteiger partial charge in [0.05, 0.1) is 14.2 Å². The lowest BCUT2D eigenvalue weighted by Crippen LogP contribution is -2.36. The number of benzene rings is 1. The van der Waals surface area contributed by atoms with Gasteiger partial charge in [0.2, 0.25) is 5.88 Å². The average molecular weight is 508 g/mol. The summed E-state index contributed by atoms with van der Waals surface area (Å²) >= 11 is 0. The van der Waals surface area contributed by atoms with E-state index in [-0.39, 0.29) is 36.3 Å². The summed E-state index contributed by atoms with van der Waals surface area (Å²) in [5.41, 5.74) is 1.47. The minimum absolute atomic E-state index is 0. The van der Waals surface area contributed by atoms with Gasteiger partial charge in [-0.1, -0.05) is 0 Å². The predicted octanol–water partition coefficient (Wildman–Crippen LogP) is 3.18. The Morgan fingerprint density at radius 1 is 1.11 bits per heavy atom. The van der Waals surface area contributed by atoms with Gasteiger partial charge in [0.25, 0.3) is 0 Å². The predicted molar refractivity (Wildman–Crippen MR) is 113 cm³/mol. The quantitative estimate of drug-likeness (QED) is 0.324. The lowest BCUT2D eigenvalue weighted by atomic mass is 10.2. The molecule has 7 nitrogen and oxygen atoms in total. The van der Waals surface area contributed by atoms with Gasteiger partial charge >= 0.3 is 6.61 Å². The third-order valence-corrected chi connectivity index (χ3v) is 3.62. The summed E-state index contributed by atoms with van der Waals surface area (Å²) in [6.45, 7) is -2.20. The van der Waals surface area contributed by atoms with Gasteiger partial charge < -0.3 is 24.8 Å². The van der Waals surface area contributed by atoms with E-state index in [9.17, 15) is 8.78 Å². The lowest BCUT2D eigenvalue weighted by molar-refractivity contribution is -0.0504. The first kappa shape index (κ1) is 23.7. The fraction of sp³-hybridized carbons (Fsp3) is 0.333. The number of halogens is 3. The molecular formula is C18H23F2IN4O3. The van der Waals surface area contributed by atoms with Gasteiger partial charge in [-0.3, -0.25) is 4.99 Å². The van der Waals surface area contributed by atoms with Gasteiger partial charge in [-0.05, 0) is 29.8 Å². The van der Waals surface area contributed by atoms with E-state index in [4.69, 9.17) is 9.47 Å². The molecule has 1 heterocycles. The molecule has 0 amide bonds. The van der Waals surface area contributed by atoms with E-state index < -0.39 is 6.61 Å². The molecule has 0 saturated carbocycles. The molecule has 0 fully saturated rings. The van der Waals surface area contributed by atoms with Crippen LogP contribution in [0.4, 0.5) is 8.78 Å². The molecule has 28 heavy (non-hydrogen) atoms. The number of rotatable bonds is 8. The monoisotopic (exact) mass is 508 g/mol. The van der Waals surface area contributed by atoms with Gasteiger partial charge in [-0.25, -0.2) is 4.98 Å². The zero-order valence-electron chi connectivity index (χ0n) is 15.7. The van der Waals surface area contributed by atoms with E-state index in [0.29, 0.717) is 29.7 Å². The van der Waals surface area contributed by atoms with Crippen LogP contribution in [-0.4, -0.2) is 38.8 Å². The molecule has 0 bridgehead atoms. The molecule has 2 aromatic rings. The maximum Gasteiger partial charge on any atom is 0.387 e. The molecule has 0 radical (unpaired) electrons. The fourth-order valence-electron chi connectivity index (χ4n) is 2.29. The molecule has 0 spiro atoms. The standard InChI is InChI=1S/C18H22F2N4O3.HI/c1-21-18(23-10-12-6-7-22-16(8-12)26-3)24-11-13-9-14(25-2)4-5-15(13)27-17(19)20;/h4-9,17H,10-11H2,1-3H3,(H2,21,23,24);1H. The molecule has 0 unspecified atom stereocenters. The van der Waals surface area contributed by atoms with E-state index in [1.807, 2.05) is 6.07 Å². The number of pyridine rings is 1. The molecule has 0 atom stereocenters. The highest BCUT2D eigenvalue weighted by atomic mass is 127. The Kier molecular flexibility index (Phi) is 10.3. The summed E-state index contributed by atoms with van der Waals surface area (Å²) < 4.78 is 40.0. The average Bonchev–Trinajstić information content (AvgIpc) is 2.68. The molecular weight excluding hydrogens is 485 g/mol. The largest absolute Gasteiger partial charge is 0.497 e. The van der Waals surface area contributed by atoms with Gasteiger partial charge in [0, 0.05) is 38.0 Å². The second-order valence-electron chi connectivity index (χ2n) is 5.34. The number of guanidine groups is 1. The second kappa shape index (κ2) is 12.2. The van der Waals surface area contributed by atoms with E-state index in [1.165, 1.54) is 13.2 Å². The van der Waals surface area contributed by atoms with Crippen LogP contribution in [0.15, 0.2) is 41.5 Å². The Morgan fingerprint density at radius 3 is 2.50 bits per heavy atom. The summed E-state index contributed by atoms with van der Waals surface area (Å²) in [6, 6.07) is 8.29. The molecule has 10 heteroatoms. The number of hydrogen-bond acceptors (Lipinski definition) is 5. The minimum atomic E-state index is -2.91. The highest BCUT2D eigenvalue weighted by Crippen LogP contribution is 2.25. The minimum Gasteiger partial charge on any atom is -0.497 e. The van der Waals surface area contributed by atoms with Crippen molar-refractivity contribution < 1.29 is 23.0 Å². The van der Waals surface area contributed by atoms with E-state index in [1.54, 1.807) is 38.6 Å². The summed E-state index contributed by atoms with van der Waals surface area (Å²) in [4.78, 5) is 8.17. The van der Waals surface area contributed by atoms with Crippen molar-refractivity contribution in [1.82, 2.24) is 15.6 Å². The molecule has 0 aliphatic carbocycles. The van der Waals surface area contributed by atoms with E-state index >= 15 is 0 Å². The van der Waals surface area contributed by atoms with Crippen molar-refractivity contribution in [2.24, 2.45) is 4.99 Å². The molecule has 0 aliphatic rings. The Morgan fingerprint density at radius 2 is 1.86 bits per heavy atom. The van der Waals surface area contributed by atoms with Crippen molar-refractivity contribution in [3.05, 3.63) is 47.7 Å². The number of aromatic nitrogens is 1. The SMILES string of the molecule is CN=C(NCc1ccnc(OC)c1)NCc1cc(OC)ccc1OC(F)F.I.